The zero-order valence-corrected chi connectivity index (χ0v) is 16.1. The molecule has 0 heterocycles. The van der Waals surface area contributed by atoms with E-state index in [0.717, 1.165) is 22.3 Å². The van der Waals surface area contributed by atoms with Gasteiger partial charge in [0, 0.05) is 11.1 Å². The van der Waals surface area contributed by atoms with Gasteiger partial charge in [0.05, 0.1) is 0 Å². The maximum atomic E-state index is 12.2. The second-order valence-electron chi connectivity index (χ2n) is 6.79. The van der Waals surface area contributed by atoms with Gasteiger partial charge in [-0.1, -0.05) is 96.1 Å². The topological polar surface area (TPSA) is 34.1 Å². The van der Waals surface area contributed by atoms with Crippen LogP contribution in [0.2, 0.25) is 0 Å². The minimum absolute atomic E-state index is 0.0207. The van der Waals surface area contributed by atoms with E-state index in [1.165, 1.54) is 0 Å². The standard InChI is InChI=1S/C26H22O2/c1-19-3-13-23(14-4-19)25(27)17-11-21-7-9-22(10-8-21)12-18-26(28)24-15-5-20(2)6-16-24/h3-18H,1-2H3. The van der Waals surface area contributed by atoms with E-state index < -0.39 is 0 Å². The molecule has 0 radical (unpaired) electrons. The molecule has 0 amide bonds. The number of hydrogen-bond donors (Lipinski definition) is 0. The average molecular weight is 366 g/mol. The van der Waals surface area contributed by atoms with Gasteiger partial charge in [0.25, 0.3) is 0 Å². The molecule has 0 aliphatic rings. The molecule has 0 aliphatic carbocycles. The van der Waals surface area contributed by atoms with Gasteiger partial charge < -0.3 is 0 Å². The molecule has 0 aromatic heterocycles. The zero-order valence-electron chi connectivity index (χ0n) is 16.1. The van der Waals surface area contributed by atoms with Crippen LogP contribution in [-0.4, -0.2) is 11.6 Å². The van der Waals surface area contributed by atoms with E-state index in [2.05, 4.69) is 0 Å². The number of carbonyl (C=O) groups excluding carboxylic acids is 2. The first-order valence-corrected chi connectivity index (χ1v) is 9.19. The van der Waals surface area contributed by atoms with Crippen LogP contribution in [0, 0.1) is 13.8 Å². The van der Waals surface area contributed by atoms with E-state index in [-0.39, 0.29) is 11.6 Å². The summed E-state index contributed by atoms with van der Waals surface area (Å²) in [5.74, 6) is -0.0414. The van der Waals surface area contributed by atoms with Crippen LogP contribution in [0.1, 0.15) is 43.0 Å². The molecule has 0 saturated carbocycles. The van der Waals surface area contributed by atoms with Gasteiger partial charge in [0.2, 0.25) is 0 Å². The maximum absolute atomic E-state index is 12.2. The third kappa shape index (κ3) is 5.24. The molecule has 0 bridgehead atoms. The molecule has 0 saturated heterocycles. The molecule has 0 aliphatic heterocycles. The molecule has 3 aromatic carbocycles. The van der Waals surface area contributed by atoms with Crippen molar-refractivity contribution in [1.29, 1.82) is 0 Å². The third-order valence-corrected chi connectivity index (χ3v) is 4.46. The van der Waals surface area contributed by atoms with Crippen molar-refractivity contribution in [3.05, 3.63) is 118 Å². The van der Waals surface area contributed by atoms with E-state index in [1.54, 1.807) is 24.3 Å². The van der Waals surface area contributed by atoms with E-state index in [4.69, 9.17) is 0 Å². The molecular formula is C26H22O2. The Bertz CT molecular complexity index is 933. The number of allylic oxidation sites excluding steroid dienone is 2. The quantitative estimate of drug-likeness (QED) is 0.390. The molecular weight excluding hydrogens is 344 g/mol. The van der Waals surface area contributed by atoms with Crippen molar-refractivity contribution in [1.82, 2.24) is 0 Å². The molecule has 0 unspecified atom stereocenters. The number of rotatable bonds is 6. The third-order valence-electron chi connectivity index (χ3n) is 4.46. The van der Waals surface area contributed by atoms with Crippen LogP contribution in [0.4, 0.5) is 0 Å². The average Bonchev–Trinajstić information content (AvgIpc) is 2.72. The molecule has 3 rings (SSSR count). The summed E-state index contributed by atoms with van der Waals surface area (Å²) in [6, 6.07) is 22.8. The largest absolute Gasteiger partial charge is 0.289 e. The van der Waals surface area contributed by atoms with Crippen LogP contribution in [0.5, 0.6) is 0 Å². The van der Waals surface area contributed by atoms with Crippen LogP contribution in [-0.2, 0) is 0 Å². The molecule has 138 valence electrons. The SMILES string of the molecule is Cc1ccc(C(=O)C=Cc2ccc(C=CC(=O)c3ccc(C)cc3)cc2)cc1. The Balaban J connectivity index is 1.62. The number of hydrogen-bond acceptors (Lipinski definition) is 2. The van der Waals surface area contributed by atoms with Crippen LogP contribution in [0.3, 0.4) is 0 Å². The molecule has 28 heavy (non-hydrogen) atoms. The molecule has 0 atom stereocenters. The lowest BCUT2D eigenvalue weighted by atomic mass is 10.1. The van der Waals surface area contributed by atoms with E-state index in [1.807, 2.05) is 86.6 Å². The van der Waals surface area contributed by atoms with Gasteiger partial charge in [-0.25, -0.2) is 0 Å². The lowest BCUT2D eigenvalue weighted by Crippen LogP contribution is -1.94. The van der Waals surface area contributed by atoms with Crippen molar-refractivity contribution in [2.45, 2.75) is 13.8 Å². The lowest BCUT2D eigenvalue weighted by Gasteiger charge is -1.99. The summed E-state index contributed by atoms with van der Waals surface area (Å²) in [5.41, 5.74) is 5.48. The maximum Gasteiger partial charge on any atom is 0.185 e. The van der Waals surface area contributed by atoms with Gasteiger partial charge in [0.15, 0.2) is 11.6 Å². The van der Waals surface area contributed by atoms with E-state index in [0.29, 0.717) is 11.1 Å². The summed E-state index contributed by atoms with van der Waals surface area (Å²) in [6.07, 6.45) is 6.76. The first-order chi connectivity index (χ1) is 13.5. The molecule has 0 spiro atoms. The monoisotopic (exact) mass is 366 g/mol. The van der Waals surface area contributed by atoms with Crippen molar-refractivity contribution in [2.24, 2.45) is 0 Å². The number of aryl methyl sites for hydroxylation is 2. The first kappa shape index (κ1) is 19.2. The second kappa shape index (κ2) is 8.92. The second-order valence-corrected chi connectivity index (χ2v) is 6.79. The van der Waals surface area contributed by atoms with Crippen molar-refractivity contribution in [3.63, 3.8) is 0 Å². The van der Waals surface area contributed by atoms with E-state index in [9.17, 15) is 9.59 Å². The van der Waals surface area contributed by atoms with E-state index >= 15 is 0 Å². The molecule has 3 aromatic rings. The molecule has 0 N–H and O–H groups in total. The van der Waals surface area contributed by atoms with Crippen LogP contribution >= 0.6 is 0 Å². The Morgan fingerprint density at radius 3 is 1.18 bits per heavy atom. The van der Waals surface area contributed by atoms with Crippen molar-refractivity contribution in [3.8, 4) is 0 Å². The van der Waals surface area contributed by atoms with Gasteiger partial charge in [-0.05, 0) is 37.1 Å². The molecule has 2 nitrogen and oxygen atoms in total. The first-order valence-electron chi connectivity index (χ1n) is 9.19. The highest BCUT2D eigenvalue weighted by Gasteiger charge is 2.02. The summed E-state index contributed by atoms with van der Waals surface area (Å²) in [4.78, 5) is 24.4. The smallest absolute Gasteiger partial charge is 0.185 e. The lowest BCUT2D eigenvalue weighted by molar-refractivity contribution is 0.103. The Labute approximate surface area is 165 Å². The van der Waals surface area contributed by atoms with Crippen LogP contribution < -0.4 is 0 Å². The summed E-state index contributed by atoms with van der Waals surface area (Å²) in [5, 5.41) is 0. The normalized spacial score (nSPS) is 11.2. The minimum atomic E-state index is -0.0207. The Morgan fingerprint density at radius 1 is 0.536 bits per heavy atom. The Morgan fingerprint density at radius 2 is 0.857 bits per heavy atom. The summed E-state index contributed by atoms with van der Waals surface area (Å²) >= 11 is 0. The summed E-state index contributed by atoms with van der Waals surface area (Å²) in [6.45, 7) is 3.99. The van der Waals surface area contributed by atoms with Gasteiger partial charge in [-0.3, -0.25) is 9.59 Å². The number of carbonyl (C=O) groups is 2. The summed E-state index contributed by atoms with van der Waals surface area (Å²) in [7, 11) is 0. The van der Waals surface area contributed by atoms with Gasteiger partial charge in [-0.2, -0.15) is 0 Å². The van der Waals surface area contributed by atoms with Crippen LogP contribution in [0.15, 0.2) is 84.9 Å². The fraction of sp³-hybridized carbons (Fsp3) is 0.0769. The van der Waals surface area contributed by atoms with Crippen molar-refractivity contribution >= 4 is 23.7 Å². The van der Waals surface area contributed by atoms with Crippen molar-refractivity contribution < 1.29 is 9.59 Å². The minimum Gasteiger partial charge on any atom is -0.289 e. The molecule has 2 heteroatoms. The van der Waals surface area contributed by atoms with Gasteiger partial charge in [0.1, 0.15) is 0 Å². The highest BCUT2D eigenvalue weighted by molar-refractivity contribution is 6.07. The predicted molar refractivity (Wildman–Crippen MR) is 116 cm³/mol. The number of benzene rings is 3. The predicted octanol–water partition coefficient (Wildman–Crippen LogP) is 6.10. The fourth-order valence-electron chi connectivity index (χ4n) is 2.69. The zero-order chi connectivity index (χ0) is 19.9. The Hall–Kier alpha value is -3.52. The Kier molecular flexibility index (Phi) is 6.13. The highest BCUT2D eigenvalue weighted by atomic mass is 16.1. The number of ketones is 2. The molecule has 0 fully saturated rings. The van der Waals surface area contributed by atoms with Crippen LogP contribution in [0.25, 0.3) is 12.2 Å². The van der Waals surface area contributed by atoms with Crippen molar-refractivity contribution in [2.75, 3.05) is 0 Å². The van der Waals surface area contributed by atoms with Gasteiger partial charge >= 0.3 is 0 Å². The van der Waals surface area contributed by atoms with Gasteiger partial charge in [-0.15, -0.1) is 0 Å². The highest BCUT2D eigenvalue weighted by Crippen LogP contribution is 2.11. The fourth-order valence-corrected chi connectivity index (χ4v) is 2.69. The summed E-state index contributed by atoms with van der Waals surface area (Å²) < 4.78 is 0.